The lowest BCUT2D eigenvalue weighted by Crippen LogP contribution is -2.23. The van der Waals surface area contributed by atoms with Crippen LogP contribution in [0.1, 0.15) is 58.3 Å². The fourth-order valence-corrected chi connectivity index (χ4v) is 2.11. The van der Waals surface area contributed by atoms with Crippen molar-refractivity contribution in [3.8, 4) is 0 Å². The summed E-state index contributed by atoms with van der Waals surface area (Å²) < 4.78 is 29.3. The maximum Gasteiger partial charge on any atom is 0.266 e. The van der Waals surface area contributed by atoms with E-state index >= 15 is 0 Å². The first kappa shape index (κ1) is 16.9. The van der Waals surface area contributed by atoms with Gasteiger partial charge in [-0.25, -0.2) is 0 Å². The van der Waals surface area contributed by atoms with E-state index in [-0.39, 0.29) is 5.75 Å². The fraction of sp³-hybridized carbons (Fsp3) is 1.00. The summed E-state index contributed by atoms with van der Waals surface area (Å²) in [7, 11) is -3.80. The fourth-order valence-electron chi connectivity index (χ4n) is 1.71. The van der Waals surface area contributed by atoms with Crippen LogP contribution in [0, 0.1) is 0 Å². The molecule has 2 N–H and O–H groups in total. The molecule has 0 saturated carbocycles. The molecule has 0 aliphatic rings. The Morgan fingerprint density at radius 2 is 1.41 bits per heavy atom. The molecule has 4 nitrogen and oxygen atoms in total. The van der Waals surface area contributed by atoms with Crippen molar-refractivity contribution in [1.82, 2.24) is 5.32 Å². The van der Waals surface area contributed by atoms with Crippen molar-refractivity contribution in [3.63, 3.8) is 0 Å². The van der Waals surface area contributed by atoms with E-state index in [1.165, 1.54) is 44.9 Å². The van der Waals surface area contributed by atoms with Gasteiger partial charge in [-0.2, -0.15) is 8.42 Å². The molecule has 0 fully saturated rings. The van der Waals surface area contributed by atoms with Gasteiger partial charge < -0.3 is 5.32 Å². The second-order valence-corrected chi connectivity index (χ2v) is 6.08. The third-order valence-corrected chi connectivity index (χ3v) is 3.46. The zero-order chi connectivity index (χ0) is 13.0. The molecule has 0 spiro atoms. The first-order valence-corrected chi connectivity index (χ1v) is 8.33. The van der Waals surface area contributed by atoms with Crippen molar-refractivity contribution in [2.75, 3.05) is 18.8 Å². The molecule has 0 amide bonds. The molecule has 0 saturated heterocycles. The quantitative estimate of drug-likeness (QED) is 0.420. The number of unbranched alkanes of at least 4 members (excludes halogenated alkanes) is 7. The van der Waals surface area contributed by atoms with Gasteiger partial charge in [0.1, 0.15) is 0 Å². The first-order chi connectivity index (χ1) is 8.06. The van der Waals surface area contributed by atoms with Gasteiger partial charge in [0.25, 0.3) is 10.1 Å². The Morgan fingerprint density at radius 3 is 1.94 bits per heavy atom. The molecule has 0 bridgehead atoms. The highest BCUT2D eigenvalue weighted by Crippen LogP contribution is 2.07. The topological polar surface area (TPSA) is 66.4 Å². The van der Waals surface area contributed by atoms with Crippen LogP contribution in [0.25, 0.3) is 0 Å². The normalized spacial score (nSPS) is 11.9. The highest BCUT2D eigenvalue weighted by Gasteiger charge is 2.02. The highest BCUT2D eigenvalue weighted by atomic mass is 32.2. The Bertz CT molecular complexity index is 252. The van der Waals surface area contributed by atoms with Crippen molar-refractivity contribution in [2.24, 2.45) is 0 Å². The molecule has 0 radical (unpaired) electrons. The van der Waals surface area contributed by atoms with E-state index < -0.39 is 10.1 Å². The van der Waals surface area contributed by atoms with Crippen LogP contribution in [0.5, 0.6) is 0 Å². The molecule has 0 unspecified atom stereocenters. The van der Waals surface area contributed by atoms with E-state index in [0.29, 0.717) is 6.54 Å². The molecule has 17 heavy (non-hydrogen) atoms. The summed E-state index contributed by atoms with van der Waals surface area (Å²) >= 11 is 0. The van der Waals surface area contributed by atoms with Crippen LogP contribution in [-0.2, 0) is 10.1 Å². The lowest BCUT2D eigenvalue weighted by molar-refractivity contribution is 0.479. The second-order valence-electron chi connectivity index (χ2n) is 4.51. The minimum atomic E-state index is -3.80. The molecule has 0 heterocycles. The van der Waals surface area contributed by atoms with E-state index in [1.54, 1.807) is 0 Å². The summed E-state index contributed by atoms with van der Waals surface area (Å²) in [6, 6.07) is 0. The zero-order valence-corrected chi connectivity index (χ0v) is 11.8. The van der Waals surface area contributed by atoms with Crippen molar-refractivity contribution in [1.29, 1.82) is 0 Å². The average molecular weight is 265 g/mol. The maximum atomic E-state index is 10.4. The number of rotatable bonds is 12. The van der Waals surface area contributed by atoms with Crippen molar-refractivity contribution < 1.29 is 13.0 Å². The molecule has 0 atom stereocenters. The first-order valence-electron chi connectivity index (χ1n) is 6.72. The molecule has 0 rings (SSSR count). The van der Waals surface area contributed by atoms with Gasteiger partial charge in [-0.05, 0) is 13.0 Å². The lowest BCUT2D eigenvalue weighted by Gasteiger charge is -2.03. The van der Waals surface area contributed by atoms with E-state index in [0.717, 1.165) is 13.0 Å². The van der Waals surface area contributed by atoms with Gasteiger partial charge in [0, 0.05) is 6.54 Å². The summed E-state index contributed by atoms with van der Waals surface area (Å²) in [6.45, 7) is 3.40. The Labute approximate surface area is 106 Å². The molecule has 0 aromatic carbocycles. The van der Waals surface area contributed by atoms with Crippen LogP contribution < -0.4 is 5.32 Å². The molecular weight excluding hydrogens is 238 g/mol. The predicted molar refractivity (Wildman–Crippen MR) is 71.9 cm³/mol. The smallest absolute Gasteiger partial charge is 0.266 e. The van der Waals surface area contributed by atoms with E-state index in [2.05, 4.69) is 12.2 Å². The summed E-state index contributed by atoms with van der Waals surface area (Å²) in [4.78, 5) is 0. The Kier molecular flexibility index (Phi) is 10.9. The van der Waals surface area contributed by atoms with E-state index in [1.807, 2.05) is 0 Å². The van der Waals surface area contributed by atoms with Gasteiger partial charge in [0.2, 0.25) is 0 Å². The second kappa shape index (κ2) is 11.0. The summed E-state index contributed by atoms with van der Waals surface area (Å²) in [5, 5.41) is 3.01. The van der Waals surface area contributed by atoms with Gasteiger partial charge >= 0.3 is 0 Å². The van der Waals surface area contributed by atoms with Gasteiger partial charge in [-0.1, -0.05) is 51.9 Å². The lowest BCUT2D eigenvalue weighted by atomic mass is 10.1. The Morgan fingerprint density at radius 1 is 0.882 bits per heavy atom. The molecule has 0 aliphatic heterocycles. The third-order valence-electron chi connectivity index (χ3n) is 2.74. The minimum absolute atomic E-state index is 0.190. The average Bonchev–Trinajstić information content (AvgIpc) is 2.24. The Balaban J connectivity index is 3.04. The highest BCUT2D eigenvalue weighted by molar-refractivity contribution is 7.85. The van der Waals surface area contributed by atoms with Gasteiger partial charge in [0.05, 0.1) is 5.75 Å². The SMILES string of the molecule is CCCCCCCCCCNCCS(=O)(=O)O. The number of nitrogens with one attached hydrogen (secondary N) is 1. The largest absolute Gasteiger partial charge is 0.316 e. The van der Waals surface area contributed by atoms with E-state index in [9.17, 15) is 8.42 Å². The van der Waals surface area contributed by atoms with Gasteiger partial charge in [0.15, 0.2) is 0 Å². The third kappa shape index (κ3) is 15.9. The van der Waals surface area contributed by atoms with E-state index in [4.69, 9.17) is 4.55 Å². The molecule has 5 heteroatoms. The summed E-state index contributed by atoms with van der Waals surface area (Å²) in [5.74, 6) is -0.190. The van der Waals surface area contributed by atoms with Crippen LogP contribution in [0.2, 0.25) is 0 Å². The zero-order valence-electron chi connectivity index (χ0n) is 11.0. The van der Waals surface area contributed by atoms with Gasteiger partial charge in [-0.3, -0.25) is 4.55 Å². The molecule has 0 aliphatic carbocycles. The van der Waals surface area contributed by atoms with Crippen LogP contribution in [0.3, 0.4) is 0 Å². The minimum Gasteiger partial charge on any atom is -0.316 e. The van der Waals surface area contributed by atoms with Gasteiger partial charge in [-0.15, -0.1) is 0 Å². The van der Waals surface area contributed by atoms with Crippen molar-refractivity contribution in [3.05, 3.63) is 0 Å². The molecule has 0 aromatic heterocycles. The Hall–Kier alpha value is -0.130. The molecule has 104 valence electrons. The standard InChI is InChI=1S/C12H27NO3S/c1-2-3-4-5-6-7-8-9-10-13-11-12-17(14,15)16/h13H,2-12H2,1H3,(H,14,15,16). The monoisotopic (exact) mass is 265 g/mol. The number of hydrogen-bond acceptors (Lipinski definition) is 3. The van der Waals surface area contributed by atoms with Crippen LogP contribution in [0.15, 0.2) is 0 Å². The van der Waals surface area contributed by atoms with Crippen LogP contribution >= 0.6 is 0 Å². The summed E-state index contributed by atoms with van der Waals surface area (Å²) in [5.41, 5.74) is 0. The number of hydrogen-bond donors (Lipinski definition) is 2. The molecular formula is C12H27NO3S. The van der Waals surface area contributed by atoms with Crippen LogP contribution in [0.4, 0.5) is 0 Å². The van der Waals surface area contributed by atoms with Crippen LogP contribution in [-0.4, -0.2) is 31.8 Å². The maximum absolute atomic E-state index is 10.4. The molecule has 0 aromatic rings. The summed E-state index contributed by atoms with van der Waals surface area (Å²) in [6.07, 6.45) is 10.2. The predicted octanol–water partition coefficient (Wildman–Crippen LogP) is 2.60. The van der Waals surface area contributed by atoms with Crippen molar-refractivity contribution >= 4 is 10.1 Å². The van der Waals surface area contributed by atoms with Crippen molar-refractivity contribution in [2.45, 2.75) is 58.3 Å².